The van der Waals surface area contributed by atoms with Gasteiger partial charge < -0.3 is 4.74 Å². The van der Waals surface area contributed by atoms with Crippen LogP contribution < -0.4 is 0 Å². The fraction of sp³-hybridized carbons (Fsp3) is 0.571. The Kier molecular flexibility index (Phi) is 16.5. The van der Waals surface area contributed by atoms with E-state index < -0.39 is 0 Å². The Morgan fingerprint density at radius 2 is 1.78 bits per heavy atom. The second-order valence-electron chi connectivity index (χ2n) is 11.5. The number of rotatable bonds is 22. The summed E-state index contributed by atoms with van der Waals surface area (Å²) in [5.74, 6) is 2.40. The molecule has 2 amide bonds. The molecule has 0 radical (unpaired) electrons. The van der Waals surface area contributed by atoms with Crippen LogP contribution >= 0.6 is 11.8 Å². The first-order chi connectivity index (χ1) is 19.8. The highest BCUT2D eigenvalue weighted by Crippen LogP contribution is 2.31. The van der Waals surface area contributed by atoms with Crippen molar-refractivity contribution < 1.29 is 19.1 Å². The Bertz CT molecular complexity index is 987. The van der Waals surface area contributed by atoms with Crippen molar-refractivity contribution in [1.29, 1.82) is 0 Å². The summed E-state index contributed by atoms with van der Waals surface area (Å²) in [4.78, 5) is 36.2. The maximum absolute atomic E-state index is 11.9. The Morgan fingerprint density at radius 3 is 2.46 bits per heavy atom. The molecule has 0 N–H and O–H groups in total. The van der Waals surface area contributed by atoms with Gasteiger partial charge in [0.15, 0.2) is 0 Å². The van der Waals surface area contributed by atoms with Gasteiger partial charge in [0.05, 0.1) is 0 Å². The summed E-state index contributed by atoms with van der Waals surface area (Å²) in [5.41, 5.74) is 1.61. The highest BCUT2D eigenvalue weighted by atomic mass is 32.2. The highest BCUT2D eigenvalue weighted by molar-refractivity contribution is 7.99. The lowest BCUT2D eigenvalue weighted by atomic mass is 9.77. The van der Waals surface area contributed by atoms with E-state index in [-0.39, 0.29) is 23.2 Å². The Labute approximate surface area is 252 Å². The van der Waals surface area contributed by atoms with Crippen LogP contribution in [0, 0.1) is 11.8 Å². The van der Waals surface area contributed by atoms with Gasteiger partial charge >= 0.3 is 5.97 Å². The van der Waals surface area contributed by atoms with Crippen molar-refractivity contribution in [2.24, 2.45) is 11.8 Å². The zero-order valence-corrected chi connectivity index (χ0v) is 26.3. The lowest BCUT2D eigenvalue weighted by Gasteiger charge is -2.27. The van der Waals surface area contributed by atoms with Gasteiger partial charge in [0.1, 0.15) is 6.61 Å². The van der Waals surface area contributed by atoms with Crippen LogP contribution in [0.2, 0.25) is 0 Å². The molecule has 0 saturated heterocycles. The molecule has 2 rings (SSSR count). The fourth-order valence-corrected chi connectivity index (χ4v) is 6.06. The third-order valence-electron chi connectivity index (χ3n) is 8.14. The van der Waals surface area contributed by atoms with Crippen molar-refractivity contribution in [2.75, 3.05) is 24.7 Å². The molecular weight excluding hydrogens is 530 g/mol. The van der Waals surface area contributed by atoms with Crippen LogP contribution in [0.4, 0.5) is 0 Å². The zero-order valence-electron chi connectivity index (χ0n) is 25.5. The van der Waals surface area contributed by atoms with E-state index in [1.54, 1.807) is 0 Å². The number of allylic oxidation sites excluding steroid dienone is 3. The van der Waals surface area contributed by atoms with Gasteiger partial charge in [-0.25, -0.2) is 0 Å². The first-order valence-corrected chi connectivity index (χ1v) is 16.5. The molecular formula is C35H51NO4S. The number of carbonyl (C=O) groups is 3. The average molecular weight is 582 g/mol. The van der Waals surface area contributed by atoms with E-state index in [0.29, 0.717) is 44.2 Å². The smallest absolute Gasteiger partial charge is 0.305 e. The Balaban J connectivity index is 1.48. The topological polar surface area (TPSA) is 63.7 Å². The minimum Gasteiger partial charge on any atom is -0.465 e. The molecule has 1 aromatic rings. The molecule has 41 heavy (non-hydrogen) atoms. The van der Waals surface area contributed by atoms with Crippen molar-refractivity contribution in [3.8, 4) is 0 Å². The molecule has 0 aliphatic carbocycles. The lowest BCUT2D eigenvalue weighted by Crippen LogP contribution is -2.30. The third kappa shape index (κ3) is 13.3. The summed E-state index contributed by atoms with van der Waals surface area (Å²) < 4.78 is 5.35. The van der Waals surface area contributed by atoms with Gasteiger partial charge in [-0.1, -0.05) is 75.8 Å². The molecule has 0 saturated carbocycles. The third-order valence-corrected chi connectivity index (χ3v) is 9.12. The van der Waals surface area contributed by atoms with E-state index in [0.717, 1.165) is 50.0 Å². The SMILES string of the molecule is C=CC(CC/C=C/CC(C)(CC)c1ccccc1)CC(C)CCSCCOC(=O)CCCCCN1C(=O)C=CC1=O. The molecule has 3 atom stereocenters. The predicted octanol–water partition coefficient (Wildman–Crippen LogP) is 8.06. The first kappa shape index (κ1) is 34.6. The summed E-state index contributed by atoms with van der Waals surface area (Å²) in [7, 11) is 0. The molecule has 1 aromatic carbocycles. The minimum atomic E-state index is -0.250. The first-order valence-electron chi connectivity index (χ1n) is 15.4. The number of esters is 1. The van der Waals surface area contributed by atoms with E-state index in [4.69, 9.17) is 4.74 Å². The van der Waals surface area contributed by atoms with Crippen molar-refractivity contribution >= 4 is 29.5 Å². The van der Waals surface area contributed by atoms with E-state index in [1.165, 1.54) is 29.0 Å². The lowest BCUT2D eigenvalue weighted by molar-refractivity contribution is -0.143. The van der Waals surface area contributed by atoms with Crippen molar-refractivity contribution in [1.82, 2.24) is 4.90 Å². The second-order valence-corrected chi connectivity index (χ2v) is 12.7. The minimum absolute atomic E-state index is 0.170. The quantitative estimate of drug-likeness (QED) is 0.0600. The maximum atomic E-state index is 11.9. The number of imide groups is 1. The number of benzene rings is 1. The van der Waals surface area contributed by atoms with Gasteiger partial charge in [-0.15, -0.1) is 6.58 Å². The van der Waals surface area contributed by atoms with Gasteiger partial charge in [-0.3, -0.25) is 19.3 Å². The van der Waals surface area contributed by atoms with Crippen LogP contribution in [0.25, 0.3) is 0 Å². The van der Waals surface area contributed by atoms with Gasteiger partial charge in [0, 0.05) is 30.9 Å². The zero-order chi connectivity index (χ0) is 29.9. The number of thioether (sulfide) groups is 1. The fourth-order valence-electron chi connectivity index (χ4n) is 5.09. The molecule has 0 bridgehead atoms. The molecule has 0 fully saturated rings. The van der Waals surface area contributed by atoms with Crippen LogP contribution in [0.5, 0.6) is 0 Å². The van der Waals surface area contributed by atoms with Crippen molar-refractivity contribution in [3.05, 3.63) is 72.9 Å². The molecule has 0 spiro atoms. The van der Waals surface area contributed by atoms with Crippen LogP contribution in [-0.4, -0.2) is 47.3 Å². The number of amides is 2. The van der Waals surface area contributed by atoms with Gasteiger partial charge in [0.25, 0.3) is 11.8 Å². The summed E-state index contributed by atoms with van der Waals surface area (Å²) in [5, 5.41) is 0. The number of ether oxygens (including phenoxy) is 1. The number of unbranched alkanes of at least 4 members (excludes halogenated alkanes) is 2. The summed E-state index contributed by atoms with van der Waals surface area (Å²) in [6.45, 7) is 11.9. The normalized spacial score (nSPS) is 16.2. The molecule has 226 valence electrons. The largest absolute Gasteiger partial charge is 0.465 e. The van der Waals surface area contributed by atoms with E-state index >= 15 is 0 Å². The van der Waals surface area contributed by atoms with Crippen LogP contribution in [0.1, 0.15) is 90.5 Å². The van der Waals surface area contributed by atoms with Crippen molar-refractivity contribution in [3.63, 3.8) is 0 Å². The number of hydrogen-bond acceptors (Lipinski definition) is 5. The van der Waals surface area contributed by atoms with Crippen LogP contribution in [0.15, 0.2) is 67.3 Å². The molecule has 1 aliphatic heterocycles. The molecule has 0 aromatic heterocycles. The van der Waals surface area contributed by atoms with Crippen LogP contribution in [-0.2, 0) is 24.5 Å². The van der Waals surface area contributed by atoms with Crippen molar-refractivity contribution in [2.45, 2.75) is 90.4 Å². The van der Waals surface area contributed by atoms with Crippen LogP contribution in [0.3, 0.4) is 0 Å². The van der Waals surface area contributed by atoms with E-state index in [1.807, 2.05) is 11.8 Å². The summed E-state index contributed by atoms with van der Waals surface area (Å²) >= 11 is 1.84. The maximum Gasteiger partial charge on any atom is 0.305 e. The number of carbonyl (C=O) groups excluding carboxylic acids is 3. The predicted molar refractivity (Wildman–Crippen MR) is 172 cm³/mol. The highest BCUT2D eigenvalue weighted by Gasteiger charge is 2.23. The Hall–Kier alpha value is -2.60. The molecule has 3 unspecified atom stereocenters. The van der Waals surface area contributed by atoms with E-state index in [2.05, 4.69) is 75.9 Å². The van der Waals surface area contributed by atoms with Gasteiger partial charge in [-0.05, 0) is 79.9 Å². The second kappa shape index (κ2) is 19.5. The monoisotopic (exact) mass is 581 g/mol. The molecule has 5 nitrogen and oxygen atoms in total. The number of hydrogen-bond donors (Lipinski definition) is 0. The standard InChI is InChI=1S/C35H51NO4S/c1-5-30(16-10-8-14-23-35(4,6-2)31-17-11-7-12-18-31)28-29(3)22-26-41-27-25-40-34(39)19-13-9-15-24-36-32(37)20-21-33(36)38/h5,7-8,11-12,14,17-18,20-21,29-30H,1,6,9-10,13,15-16,19,22-28H2,2-4H3/b14-8+. The summed E-state index contributed by atoms with van der Waals surface area (Å²) in [6.07, 6.45) is 18.8. The molecule has 6 heteroatoms. The Morgan fingerprint density at radius 1 is 1.05 bits per heavy atom. The number of nitrogens with zero attached hydrogens (tertiary/aromatic N) is 1. The summed E-state index contributed by atoms with van der Waals surface area (Å²) in [6, 6.07) is 10.8. The molecule has 1 heterocycles. The van der Waals surface area contributed by atoms with Gasteiger partial charge in [-0.2, -0.15) is 11.8 Å². The average Bonchev–Trinajstić information content (AvgIpc) is 3.30. The van der Waals surface area contributed by atoms with E-state index in [9.17, 15) is 14.4 Å². The molecule has 1 aliphatic rings. The van der Waals surface area contributed by atoms with Gasteiger partial charge in [0.2, 0.25) is 0 Å².